The van der Waals surface area contributed by atoms with Crippen molar-refractivity contribution in [3.8, 4) is 5.75 Å². The Morgan fingerprint density at radius 2 is 2.18 bits per heavy atom. The van der Waals surface area contributed by atoms with Crippen LogP contribution in [0.15, 0.2) is 24.3 Å². The van der Waals surface area contributed by atoms with E-state index < -0.39 is 0 Å². The molecule has 1 saturated heterocycles. The SMILES string of the molecule is COc1cccc(NCCN2CCOCC2)c1. The molecule has 4 heteroatoms. The van der Waals surface area contributed by atoms with Gasteiger partial charge in [0, 0.05) is 37.9 Å². The molecule has 17 heavy (non-hydrogen) atoms. The number of benzene rings is 1. The molecule has 1 aliphatic heterocycles. The van der Waals surface area contributed by atoms with Gasteiger partial charge in [-0.05, 0) is 12.1 Å². The molecule has 4 nitrogen and oxygen atoms in total. The average molecular weight is 236 g/mol. The molecule has 0 amide bonds. The third-order valence-electron chi connectivity index (χ3n) is 2.93. The van der Waals surface area contributed by atoms with Gasteiger partial charge in [0.05, 0.1) is 20.3 Å². The van der Waals surface area contributed by atoms with Crippen LogP contribution in [0.2, 0.25) is 0 Å². The second-order valence-electron chi connectivity index (χ2n) is 4.11. The molecule has 94 valence electrons. The standard InChI is InChI=1S/C13H20N2O2/c1-16-13-4-2-3-12(11-13)14-5-6-15-7-9-17-10-8-15/h2-4,11,14H,5-10H2,1H3. The Morgan fingerprint density at radius 1 is 1.35 bits per heavy atom. The number of nitrogens with zero attached hydrogens (tertiary/aromatic N) is 1. The largest absolute Gasteiger partial charge is 0.497 e. The van der Waals surface area contributed by atoms with Crippen molar-refractivity contribution in [1.82, 2.24) is 4.90 Å². The summed E-state index contributed by atoms with van der Waals surface area (Å²) in [5.41, 5.74) is 1.11. The fourth-order valence-corrected chi connectivity index (χ4v) is 1.92. The van der Waals surface area contributed by atoms with Gasteiger partial charge in [0.25, 0.3) is 0 Å². The Balaban J connectivity index is 1.73. The van der Waals surface area contributed by atoms with Crippen LogP contribution in [-0.2, 0) is 4.74 Å². The number of methoxy groups -OCH3 is 1. The van der Waals surface area contributed by atoms with Gasteiger partial charge in [-0.2, -0.15) is 0 Å². The normalized spacial score (nSPS) is 16.8. The molecule has 1 aromatic rings. The first-order chi connectivity index (χ1) is 8.38. The fourth-order valence-electron chi connectivity index (χ4n) is 1.92. The van der Waals surface area contributed by atoms with Crippen molar-refractivity contribution < 1.29 is 9.47 Å². The van der Waals surface area contributed by atoms with Gasteiger partial charge in [0.1, 0.15) is 5.75 Å². The van der Waals surface area contributed by atoms with E-state index in [9.17, 15) is 0 Å². The molecule has 0 saturated carbocycles. The minimum absolute atomic E-state index is 0.860. The van der Waals surface area contributed by atoms with Gasteiger partial charge in [-0.3, -0.25) is 4.90 Å². The number of rotatable bonds is 5. The summed E-state index contributed by atoms with van der Waals surface area (Å²) >= 11 is 0. The zero-order valence-electron chi connectivity index (χ0n) is 10.3. The van der Waals surface area contributed by atoms with Crippen molar-refractivity contribution in [3.05, 3.63) is 24.3 Å². The second-order valence-corrected chi connectivity index (χ2v) is 4.11. The molecule has 0 unspecified atom stereocenters. The van der Waals surface area contributed by atoms with Crippen LogP contribution in [0.1, 0.15) is 0 Å². The van der Waals surface area contributed by atoms with Crippen LogP contribution in [0.4, 0.5) is 5.69 Å². The summed E-state index contributed by atoms with van der Waals surface area (Å²) in [7, 11) is 1.69. The molecule has 0 bridgehead atoms. The van der Waals surface area contributed by atoms with Crippen LogP contribution in [0.3, 0.4) is 0 Å². The summed E-state index contributed by atoms with van der Waals surface area (Å²) in [4.78, 5) is 2.41. The van der Waals surface area contributed by atoms with Crippen LogP contribution in [0.5, 0.6) is 5.75 Å². The number of morpholine rings is 1. The van der Waals surface area contributed by atoms with Gasteiger partial charge >= 0.3 is 0 Å². The van der Waals surface area contributed by atoms with Crippen molar-refractivity contribution in [2.24, 2.45) is 0 Å². The molecule has 1 aliphatic rings. The molecule has 2 rings (SSSR count). The van der Waals surface area contributed by atoms with E-state index in [1.54, 1.807) is 7.11 Å². The number of hydrogen-bond acceptors (Lipinski definition) is 4. The molecule has 1 fully saturated rings. The highest BCUT2D eigenvalue weighted by Crippen LogP contribution is 2.16. The quantitative estimate of drug-likeness (QED) is 0.838. The Hall–Kier alpha value is -1.26. The van der Waals surface area contributed by atoms with Crippen molar-refractivity contribution in [2.75, 3.05) is 51.8 Å². The zero-order chi connectivity index (χ0) is 11.9. The first kappa shape index (κ1) is 12.2. The lowest BCUT2D eigenvalue weighted by Crippen LogP contribution is -2.38. The Kier molecular flexibility index (Phi) is 4.64. The Bertz CT molecular complexity index is 338. The maximum atomic E-state index is 5.32. The lowest BCUT2D eigenvalue weighted by molar-refractivity contribution is 0.0398. The van der Waals surface area contributed by atoms with Gasteiger partial charge in [0.15, 0.2) is 0 Å². The minimum atomic E-state index is 0.860. The summed E-state index contributed by atoms with van der Waals surface area (Å²) < 4.78 is 10.5. The molecular formula is C13H20N2O2. The molecule has 0 aromatic heterocycles. The molecule has 0 radical (unpaired) electrons. The molecular weight excluding hydrogens is 216 g/mol. The van der Waals surface area contributed by atoms with E-state index in [0.29, 0.717) is 0 Å². The molecule has 0 atom stereocenters. The molecule has 0 aliphatic carbocycles. The highest BCUT2D eigenvalue weighted by molar-refractivity contribution is 5.48. The lowest BCUT2D eigenvalue weighted by atomic mass is 10.3. The smallest absolute Gasteiger partial charge is 0.120 e. The highest BCUT2D eigenvalue weighted by Gasteiger charge is 2.08. The molecule has 1 N–H and O–H groups in total. The fraction of sp³-hybridized carbons (Fsp3) is 0.538. The van der Waals surface area contributed by atoms with Crippen LogP contribution >= 0.6 is 0 Å². The van der Waals surface area contributed by atoms with E-state index in [1.807, 2.05) is 18.2 Å². The van der Waals surface area contributed by atoms with Crippen LogP contribution in [0, 0.1) is 0 Å². The van der Waals surface area contributed by atoms with Gasteiger partial charge in [-0.25, -0.2) is 0 Å². The lowest BCUT2D eigenvalue weighted by Gasteiger charge is -2.26. The van der Waals surface area contributed by atoms with Crippen molar-refractivity contribution in [2.45, 2.75) is 0 Å². The monoisotopic (exact) mass is 236 g/mol. The Morgan fingerprint density at radius 3 is 2.94 bits per heavy atom. The third kappa shape index (κ3) is 3.91. The number of ether oxygens (including phenoxy) is 2. The van der Waals surface area contributed by atoms with Crippen molar-refractivity contribution in [1.29, 1.82) is 0 Å². The first-order valence-electron chi connectivity index (χ1n) is 6.06. The topological polar surface area (TPSA) is 33.7 Å². The first-order valence-corrected chi connectivity index (χ1v) is 6.06. The maximum Gasteiger partial charge on any atom is 0.120 e. The summed E-state index contributed by atoms with van der Waals surface area (Å²) in [6.07, 6.45) is 0. The summed E-state index contributed by atoms with van der Waals surface area (Å²) in [6, 6.07) is 8.02. The molecule has 1 heterocycles. The number of anilines is 1. The van der Waals surface area contributed by atoms with Gasteiger partial charge in [0.2, 0.25) is 0 Å². The van der Waals surface area contributed by atoms with E-state index in [0.717, 1.165) is 50.8 Å². The molecule has 1 aromatic carbocycles. The summed E-state index contributed by atoms with van der Waals surface area (Å²) in [5, 5.41) is 3.40. The minimum Gasteiger partial charge on any atom is -0.497 e. The van der Waals surface area contributed by atoms with Gasteiger partial charge in [-0.1, -0.05) is 6.07 Å². The summed E-state index contributed by atoms with van der Waals surface area (Å²) in [5.74, 6) is 0.890. The maximum absolute atomic E-state index is 5.32. The van der Waals surface area contributed by atoms with Crippen LogP contribution < -0.4 is 10.1 Å². The summed E-state index contributed by atoms with van der Waals surface area (Å²) in [6.45, 7) is 5.81. The van der Waals surface area contributed by atoms with E-state index in [-0.39, 0.29) is 0 Å². The van der Waals surface area contributed by atoms with Gasteiger partial charge in [-0.15, -0.1) is 0 Å². The zero-order valence-corrected chi connectivity index (χ0v) is 10.3. The second kappa shape index (κ2) is 6.47. The predicted molar refractivity (Wildman–Crippen MR) is 68.7 cm³/mol. The molecule has 0 spiro atoms. The van der Waals surface area contributed by atoms with E-state index in [1.165, 1.54) is 0 Å². The van der Waals surface area contributed by atoms with Crippen LogP contribution in [-0.4, -0.2) is 51.4 Å². The van der Waals surface area contributed by atoms with E-state index >= 15 is 0 Å². The third-order valence-corrected chi connectivity index (χ3v) is 2.93. The number of nitrogens with one attached hydrogen (secondary N) is 1. The highest BCUT2D eigenvalue weighted by atomic mass is 16.5. The average Bonchev–Trinajstić information content (AvgIpc) is 2.40. The van der Waals surface area contributed by atoms with Gasteiger partial charge < -0.3 is 14.8 Å². The predicted octanol–water partition coefficient (Wildman–Crippen LogP) is 1.44. The van der Waals surface area contributed by atoms with Crippen LogP contribution in [0.25, 0.3) is 0 Å². The van der Waals surface area contributed by atoms with Crippen molar-refractivity contribution in [3.63, 3.8) is 0 Å². The van der Waals surface area contributed by atoms with E-state index in [4.69, 9.17) is 9.47 Å². The Labute approximate surface area is 103 Å². The number of hydrogen-bond donors (Lipinski definition) is 1. The van der Waals surface area contributed by atoms with E-state index in [2.05, 4.69) is 16.3 Å². The van der Waals surface area contributed by atoms with Crippen molar-refractivity contribution >= 4 is 5.69 Å².